The number of aliphatic carboxylic acids is 1. The maximum Gasteiger partial charge on any atom is 0.322 e. The van der Waals surface area contributed by atoms with Gasteiger partial charge in [-0.1, -0.05) is 20.3 Å². The summed E-state index contributed by atoms with van der Waals surface area (Å²) < 4.78 is 0. The van der Waals surface area contributed by atoms with Crippen LogP contribution in [0.5, 0.6) is 0 Å². The van der Waals surface area contributed by atoms with E-state index in [2.05, 4.69) is 33.6 Å². The number of hydrogen-bond donors (Lipinski definition) is 8. The largest absolute Gasteiger partial charge is 0.480 e. The van der Waals surface area contributed by atoms with Gasteiger partial charge in [-0.15, -0.1) is 0 Å². The quantitative estimate of drug-likeness (QED) is 0.0615. The highest BCUT2D eigenvalue weighted by molar-refractivity contribution is 7.80. The molecule has 0 aliphatic heterocycles. The topological polar surface area (TPSA) is 215 Å². The average molecular weight is 448 g/mol. The average Bonchev–Trinajstić information content (AvgIpc) is 2.70. The molecule has 0 aromatic carbocycles. The zero-order valence-corrected chi connectivity index (χ0v) is 18.2. The molecule has 4 unspecified atom stereocenters. The number of amides is 3. The number of carboxylic acids is 1. The predicted octanol–water partition coefficient (Wildman–Crippen LogP) is -2.49. The van der Waals surface area contributed by atoms with Gasteiger partial charge in [0, 0.05) is 12.3 Å². The van der Waals surface area contributed by atoms with Crippen LogP contribution >= 0.6 is 12.6 Å². The highest BCUT2D eigenvalue weighted by Gasteiger charge is 2.28. The Bertz CT molecular complexity index is 628. The minimum Gasteiger partial charge on any atom is -0.480 e. The molecule has 0 spiro atoms. The molecule has 0 rings (SSSR count). The molecule has 13 heteroatoms. The van der Waals surface area contributed by atoms with E-state index in [-0.39, 0.29) is 30.6 Å². The summed E-state index contributed by atoms with van der Waals surface area (Å²) >= 11 is 4.08. The van der Waals surface area contributed by atoms with Crippen molar-refractivity contribution >= 4 is 42.3 Å². The minimum absolute atomic E-state index is 0.0255. The molecule has 0 bridgehead atoms. The molecule has 0 heterocycles. The third-order valence-electron chi connectivity index (χ3n) is 4.37. The fourth-order valence-electron chi connectivity index (χ4n) is 2.31. The summed E-state index contributed by atoms with van der Waals surface area (Å²) in [6.45, 7) is 3.33. The van der Waals surface area contributed by atoms with E-state index in [1.54, 1.807) is 0 Å². The Kier molecular flexibility index (Phi) is 13.2. The van der Waals surface area contributed by atoms with Gasteiger partial charge < -0.3 is 38.3 Å². The van der Waals surface area contributed by atoms with Crippen molar-refractivity contribution in [3.05, 3.63) is 0 Å². The molecule has 0 fully saturated rings. The highest BCUT2D eigenvalue weighted by Crippen LogP contribution is 2.06. The summed E-state index contributed by atoms with van der Waals surface area (Å²) in [6.07, 6.45) is 1.18. The Hall–Kier alpha value is -2.54. The van der Waals surface area contributed by atoms with E-state index in [0.29, 0.717) is 12.8 Å². The van der Waals surface area contributed by atoms with Crippen LogP contribution in [-0.2, 0) is 19.2 Å². The first-order valence-electron chi connectivity index (χ1n) is 9.55. The molecule has 0 aromatic rings. The van der Waals surface area contributed by atoms with Gasteiger partial charge in [0.05, 0.1) is 6.04 Å². The van der Waals surface area contributed by atoms with Gasteiger partial charge in [0.15, 0.2) is 5.96 Å². The Morgan fingerprint density at radius 2 is 1.67 bits per heavy atom. The number of carbonyl (C=O) groups excluding carboxylic acids is 3. The number of guanidine groups is 1. The van der Waals surface area contributed by atoms with E-state index in [9.17, 15) is 19.2 Å². The van der Waals surface area contributed by atoms with E-state index in [4.69, 9.17) is 22.3 Å². The Balaban J connectivity index is 5.09. The van der Waals surface area contributed by atoms with Crippen molar-refractivity contribution in [1.29, 1.82) is 0 Å². The number of aliphatic imine (C=N–C) groups is 1. The molecule has 0 saturated carbocycles. The number of carbonyl (C=O) groups is 4. The zero-order chi connectivity index (χ0) is 23.3. The van der Waals surface area contributed by atoms with Gasteiger partial charge in [0.25, 0.3) is 0 Å². The minimum atomic E-state index is -1.23. The first kappa shape index (κ1) is 27.5. The normalized spacial score (nSPS) is 14.5. The lowest BCUT2D eigenvalue weighted by Crippen LogP contribution is -2.57. The van der Waals surface area contributed by atoms with Crippen molar-refractivity contribution in [3.8, 4) is 0 Å². The summed E-state index contributed by atoms with van der Waals surface area (Å²) in [7, 11) is 0. The van der Waals surface area contributed by atoms with E-state index < -0.39 is 48.4 Å². The van der Waals surface area contributed by atoms with Crippen molar-refractivity contribution in [3.63, 3.8) is 0 Å². The van der Waals surface area contributed by atoms with E-state index in [0.717, 1.165) is 0 Å². The predicted molar refractivity (Wildman–Crippen MR) is 116 cm³/mol. The molecular weight excluding hydrogens is 414 g/mol. The number of rotatable bonds is 14. The number of nitrogens with zero attached hydrogens (tertiary/aromatic N) is 1. The molecule has 30 heavy (non-hydrogen) atoms. The number of nitrogens with two attached hydrogens (primary N) is 3. The smallest absolute Gasteiger partial charge is 0.322 e. The lowest BCUT2D eigenvalue weighted by atomic mass is 9.99. The number of thiol groups is 1. The zero-order valence-electron chi connectivity index (χ0n) is 17.3. The van der Waals surface area contributed by atoms with Crippen LogP contribution in [-0.4, -0.2) is 71.7 Å². The molecule has 0 aliphatic rings. The second kappa shape index (κ2) is 14.4. The van der Waals surface area contributed by atoms with Crippen molar-refractivity contribution in [2.24, 2.45) is 28.1 Å². The van der Waals surface area contributed by atoms with Gasteiger partial charge in [0.2, 0.25) is 17.7 Å². The van der Waals surface area contributed by atoms with Gasteiger partial charge in [-0.25, -0.2) is 0 Å². The number of nitrogens with one attached hydrogen (secondary N) is 3. The molecule has 0 aliphatic carbocycles. The third kappa shape index (κ3) is 10.9. The van der Waals surface area contributed by atoms with E-state index in [1.807, 2.05) is 13.8 Å². The fraction of sp³-hybridized carbons (Fsp3) is 0.706. The van der Waals surface area contributed by atoms with Gasteiger partial charge >= 0.3 is 5.97 Å². The SMILES string of the molecule is CCC(C)C(N)C(=O)NC(CS)C(=O)NC(CCCN=C(N)N)C(=O)NCC(=O)O. The van der Waals surface area contributed by atoms with Gasteiger partial charge in [-0.2, -0.15) is 12.6 Å². The second-order valence-electron chi connectivity index (χ2n) is 6.78. The first-order chi connectivity index (χ1) is 14.0. The van der Waals surface area contributed by atoms with Crippen LogP contribution < -0.4 is 33.2 Å². The van der Waals surface area contributed by atoms with Crippen LogP contribution in [0.3, 0.4) is 0 Å². The van der Waals surface area contributed by atoms with Crippen LogP contribution in [0, 0.1) is 5.92 Å². The molecular formula is C17H33N7O5S. The molecule has 4 atom stereocenters. The van der Waals surface area contributed by atoms with Gasteiger partial charge in [-0.3, -0.25) is 24.2 Å². The lowest BCUT2D eigenvalue weighted by Gasteiger charge is -2.24. The van der Waals surface area contributed by atoms with Crippen LogP contribution in [0.1, 0.15) is 33.1 Å². The Labute approximate surface area is 181 Å². The summed E-state index contributed by atoms with van der Waals surface area (Å²) in [5.41, 5.74) is 16.4. The van der Waals surface area contributed by atoms with Crippen molar-refractivity contribution in [2.45, 2.75) is 51.2 Å². The van der Waals surface area contributed by atoms with E-state index in [1.165, 1.54) is 0 Å². The maximum absolute atomic E-state index is 12.6. The Morgan fingerprint density at radius 3 is 2.17 bits per heavy atom. The van der Waals surface area contributed by atoms with Crippen molar-refractivity contribution in [1.82, 2.24) is 16.0 Å². The second-order valence-corrected chi connectivity index (χ2v) is 7.14. The van der Waals surface area contributed by atoms with Crippen LogP contribution in [0.25, 0.3) is 0 Å². The summed E-state index contributed by atoms with van der Waals surface area (Å²) in [5, 5.41) is 16.0. The molecule has 0 radical (unpaired) electrons. The molecule has 0 aromatic heterocycles. The molecule has 3 amide bonds. The highest BCUT2D eigenvalue weighted by atomic mass is 32.1. The van der Waals surface area contributed by atoms with Crippen molar-refractivity contribution in [2.75, 3.05) is 18.8 Å². The first-order valence-corrected chi connectivity index (χ1v) is 10.2. The van der Waals surface area contributed by atoms with E-state index >= 15 is 0 Å². The molecule has 12 nitrogen and oxygen atoms in total. The summed E-state index contributed by atoms with van der Waals surface area (Å²) in [4.78, 5) is 51.6. The maximum atomic E-state index is 12.6. The van der Waals surface area contributed by atoms with Crippen LogP contribution in [0.4, 0.5) is 0 Å². The summed E-state index contributed by atoms with van der Waals surface area (Å²) in [5.74, 6) is -3.28. The van der Waals surface area contributed by atoms with Crippen LogP contribution in [0.15, 0.2) is 4.99 Å². The third-order valence-corrected chi connectivity index (χ3v) is 4.73. The van der Waals surface area contributed by atoms with Crippen LogP contribution in [0.2, 0.25) is 0 Å². The fourth-order valence-corrected chi connectivity index (χ4v) is 2.56. The number of carboxylic acid groups (broad SMARTS) is 1. The Morgan fingerprint density at radius 1 is 1.07 bits per heavy atom. The standard InChI is InChI=1S/C17H33N7O5S/c1-3-9(2)13(18)16(29)24-11(8-30)15(28)23-10(5-4-6-21-17(19)20)14(27)22-7-12(25)26/h9-11,13,30H,3-8,18H2,1-2H3,(H,22,27)(H,23,28)(H,24,29)(H,25,26)(H4,19,20,21). The molecule has 172 valence electrons. The lowest BCUT2D eigenvalue weighted by molar-refractivity contribution is -0.138. The van der Waals surface area contributed by atoms with Crippen molar-refractivity contribution < 1.29 is 24.3 Å². The molecule has 10 N–H and O–H groups in total. The monoisotopic (exact) mass is 447 g/mol. The van der Waals surface area contributed by atoms with Gasteiger partial charge in [-0.05, 0) is 18.8 Å². The number of hydrogen-bond acceptors (Lipinski definition) is 7. The van der Waals surface area contributed by atoms with Gasteiger partial charge in [0.1, 0.15) is 18.6 Å². The molecule has 0 saturated heterocycles. The summed E-state index contributed by atoms with van der Waals surface area (Å²) in [6, 6.07) is -2.86.